The van der Waals surface area contributed by atoms with Crippen LogP contribution in [0.3, 0.4) is 0 Å². The van der Waals surface area contributed by atoms with Gasteiger partial charge in [-0.1, -0.05) is 18.2 Å². The number of aryl methyl sites for hydroxylation is 1. The Hall–Kier alpha value is -4.54. The Morgan fingerprint density at radius 1 is 1.24 bits per heavy atom. The van der Waals surface area contributed by atoms with Crippen LogP contribution in [-0.2, 0) is 6.54 Å². The Balaban J connectivity index is 2.10. The molecular formula is C23H17N7O2S. The van der Waals surface area contributed by atoms with E-state index < -0.39 is 11.2 Å². The van der Waals surface area contributed by atoms with Crippen molar-refractivity contribution in [2.45, 2.75) is 13.0 Å². The first kappa shape index (κ1) is 21.7. The van der Waals surface area contributed by atoms with Gasteiger partial charge in [-0.2, -0.15) is 10.5 Å². The fourth-order valence-electron chi connectivity index (χ4n) is 3.68. The Morgan fingerprint density at radius 3 is 2.73 bits per heavy atom. The molecule has 0 radical (unpaired) electrons. The minimum Gasteiger partial charge on any atom is -0.386 e. The van der Waals surface area contributed by atoms with Crippen molar-refractivity contribution in [2.24, 2.45) is 0 Å². The van der Waals surface area contributed by atoms with Gasteiger partial charge in [-0.3, -0.25) is 14.3 Å². The Morgan fingerprint density at radius 2 is 2.03 bits per heavy atom. The average molecular weight is 456 g/mol. The number of nitrogens with one attached hydrogen (secondary N) is 2. The summed E-state index contributed by atoms with van der Waals surface area (Å²) in [5.74, 6) is 0. The summed E-state index contributed by atoms with van der Waals surface area (Å²) in [5, 5.41) is 29.2. The molecule has 0 aliphatic carbocycles. The monoisotopic (exact) mass is 455 g/mol. The largest absolute Gasteiger partial charge is 0.386 e. The molecule has 0 atom stereocenters. The van der Waals surface area contributed by atoms with E-state index in [1.54, 1.807) is 37.4 Å². The van der Waals surface area contributed by atoms with Crippen molar-refractivity contribution in [3.8, 4) is 28.3 Å². The summed E-state index contributed by atoms with van der Waals surface area (Å²) < 4.78 is 2.73. The molecule has 3 aromatic heterocycles. The first-order valence-electron chi connectivity index (χ1n) is 9.88. The molecule has 0 unspecified atom stereocenters. The van der Waals surface area contributed by atoms with Crippen molar-refractivity contribution >= 4 is 33.5 Å². The van der Waals surface area contributed by atoms with Gasteiger partial charge in [0.05, 0.1) is 47.2 Å². The highest BCUT2D eigenvalue weighted by atomic mass is 32.1. The summed E-state index contributed by atoms with van der Waals surface area (Å²) in [4.78, 5) is 31.8. The lowest BCUT2D eigenvalue weighted by molar-refractivity contribution is 0.663. The smallest absolute Gasteiger partial charge is 0.336 e. The van der Waals surface area contributed by atoms with E-state index in [4.69, 9.17) is 10.7 Å². The maximum Gasteiger partial charge on any atom is 0.336 e. The van der Waals surface area contributed by atoms with Gasteiger partial charge in [0.25, 0.3) is 5.56 Å². The van der Waals surface area contributed by atoms with Crippen LogP contribution in [0.2, 0.25) is 0 Å². The van der Waals surface area contributed by atoms with Gasteiger partial charge in [-0.15, -0.1) is 11.3 Å². The second-order valence-electron chi connectivity index (χ2n) is 6.98. The summed E-state index contributed by atoms with van der Waals surface area (Å²) in [6, 6.07) is 12.9. The zero-order valence-electron chi connectivity index (χ0n) is 17.5. The van der Waals surface area contributed by atoms with Crippen LogP contribution in [0.15, 0.2) is 52.3 Å². The lowest BCUT2D eigenvalue weighted by Gasteiger charge is -2.15. The second-order valence-corrected chi connectivity index (χ2v) is 8.03. The van der Waals surface area contributed by atoms with Crippen LogP contribution in [0, 0.1) is 28.1 Å². The van der Waals surface area contributed by atoms with Crippen molar-refractivity contribution in [3.63, 3.8) is 0 Å². The molecule has 0 amide bonds. The molecule has 0 spiro atoms. The van der Waals surface area contributed by atoms with Gasteiger partial charge in [-0.05, 0) is 12.1 Å². The van der Waals surface area contributed by atoms with Crippen LogP contribution in [0.25, 0.3) is 26.3 Å². The van der Waals surface area contributed by atoms with Gasteiger partial charge in [0.2, 0.25) is 0 Å². The number of thiophene rings is 1. The van der Waals surface area contributed by atoms with Gasteiger partial charge >= 0.3 is 5.69 Å². The summed E-state index contributed by atoms with van der Waals surface area (Å²) in [6.07, 6.45) is 4.01. The van der Waals surface area contributed by atoms with Gasteiger partial charge < -0.3 is 10.7 Å². The highest BCUT2D eigenvalue weighted by Crippen LogP contribution is 2.33. The number of hydrogen-bond donors (Lipinski definition) is 2. The predicted octanol–water partition coefficient (Wildman–Crippen LogP) is 3.10. The van der Waals surface area contributed by atoms with E-state index in [-0.39, 0.29) is 18.7 Å². The molecule has 9 nitrogen and oxygen atoms in total. The molecule has 0 saturated heterocycles. The molecule has 0 aliphatic rings. The van der Waals surface area contributed by atoms with E-state index in [1.807, 2.05) is 6.07 Å². The first-order chi connectivity index (χ1) is 16.0. The molecule has 0 saturated carbocycles. The molecule has 0 aliphatic heterocycles. The van der Waals surface area contributed by atoms with Crippen molar-refractivity contribution in [2.75, 3.05) is 12.4 Å². The molecule has 2 N–H and O–H groups in total. The third-order valence-electron chi connectivity index (χ3n) is 5.18. The normalized spacial score (nSPS) is 10.5. The van der Waals surface area contributed by atoms with E-state index in [0.29, 0.717) is 37.5 Å². The Bertz CT molecular complexity index is 1600. The summed E-state index contributed by atoms with van der Waals surface area (Å²) >= 11 is 1.18. The summed E-state index contributed by atoms with van der Waals surface area (Å²) in [5.41, 5.74) is 1.43. The quantitative estimate of drug-likeness (QED) is 0.428. The Labute approximate surface area is 191 Å². The SMILES string of the molecule is CNc1c(C=N)cncc1-n1c(=O)c2sc(-c3ccccc3C#N)cc2n(CCC#N)c1=O. The topological polar surface area (TPSA) is 140 Å². The van der Waals surface area contributed by atoms with E-state index >= 15 is 0 Å². The van der Waals surface area contributed by atoms with Gasteiger partial charge in [0, 0.05) is 42.0 Å². The summed E-state index contributed by atoms with van der Waals surface area (Å²) in [7, 11) is 1.63. The molecule has 162 valence electrons. The number of hydrogen-bond acceptors (Lipinski definition) is 8. The predicted molar refractivity (Wildman–Crippen MR) is 127 cm³/mol. The van der Waals surface area contributed by atoms with Crippen LogP contribution < -0.4 is 16.6 Å². The fourth-order valence-corrected chi connectivity index (χ4v) is 4.81. The summed E-state index contributed by atoms with van der Waals surface area (Å²) in [6.45, 7) is 0.0920. The third kappa shape index (κ3) is 3.59. The maximum absolute atomic E-state index is 13.6. The van der Waals surface area contributed by atoms with Crippen LogP contribution >= 0.6 is 11.3 Å². The zero-order valence-corrected chi connectivity index (χ0v) is 18.3. The second kappa shape index (κ2) is 8.91. The molecule has 33 heavy (non-hydrogen) atoms. The molecule has 4 aromatic rings. The highest BCUT2D eigenvalue weighted by Gasteiger charge is 2.21. The van der Waals surface area contributed by atoms with Gasteiger partial charge in [0.15, 0.2) is 0 Å². The van der Waals surface area contributed by atoms with E-state index in [1.165, 1.54) is 28.3 Å². The number of nitriles is 2. The van der Waals surface area contributed by atoms with Crippen molar-refractivity contribution < 1.29 is 0 Å². The van der Waals surface area contributed by atoms with Gasteiger partial charge in [-0.25, -0.2) is 9.36 Å². The molecule has 1 aromatic carbocycles. The lowest BCUT2D eigenvalue weighted by Crippen LogP contribution is -2.39. The van der Waals surface area contributed by atoms with Crippen molar-refractivity contribution in [1.82, 2.24) is 14.1 Å². The lowest BCUT2D eigenvalue weighted by atomic mass is 10.1. The standard InChI is InChI=1S/C23H17N7O2S/c1-27-20-15(11-26)12-28-13-18(20)30-22(31)21-17(29(23(30)32)8-4-7-24)9-19(33-21)16-6-3-2-5-14(16)10-25/h2-3,5-6,9,11-13,26H,4,8H2,1H3,(H,27,28). The zero-order chi connectivity index (χ0) is 23.5. The van der Waals surface area contributed by atoms with E-state index in [2.05, 4.69) is 16.4 Å². The van der Waals surface area contributed by atoms with Crippen LogP contribution in [0.4, 0.5) is 5.69 Å². The number of rotatable bonds is 6. The number of benzene rings is 1. The number of nitrogens with zero attached hydrogens (tertiary/aromatic N) is 5. The number of pyridine rings is 1. The average Bonchev–Trinajstić information content (AvgIpc) is 3.29. The number of fused-ring (bicyclic) bond motifs is 1. The minimum atomic E-state index is -0.610. The van der Waals surface area contributed by atoms with Crippen LogP contribution in [-0.4, -0.2) is 27.4 Å². The minimum absolute atomic E-state index is 0.0743. The molecule has 0 fully saturated rings. The van der Waals surface area contributed by atoms with E-state index in [0.717, 1.165) is 10.8 Å². The van der Waals surface area contributed by atoms with Gasteiger partial charge in [0.1, 0.15) is 4.70 Å². The van der Waals surface area contributed by atoms with Crippen LogP contribution in [0.1, 0.15) is 17.5 Å². The molecular weight excluding hydrogens is 438 g/mol. The van der Waals surface area contributed by atoms with Crippen molar-refractivity contribution in [1.29, 1.82) is 15.9 Å². The maximum atomic E-state index is 13.6. The number of anilines is 1. The third-order valence-corrected chi connectivity index (χ3v) is 6.33. The Kier molecular flexibility index (Phi) is 5.85. The molecule has 3 heterocycles. The molecule has 4 rings (SSSR count). The highest BCUT2D eigenvalue weighted by molar-refractivity contribution is 7.22. The van der Waals surface area contributed by atoms with Crippen molar-refractivity contribution in [3.05, 3.63) is 74.7 Å². The molecule has 10 heteroatoms. The van der Waals surface area contributed by atoms with Crippen LogP contribution in [0.5, 0.6) is 0 Å². The van der Waals surface area contributed by atoms with E-state index in [9.17, 15) is 14.9 Å². The fraction of sp³-hybridized carbons (Fsp3) is 0.130. The number of aromatic nitrogens is 3. The first-order valence-corrected chi connectivity index (χ1v) is 10.7. The molecule has 0 bridgehead atoms.